The molecule has 1 aliphatic rings. The van der Waals surface area contributed by atoms with Crippen molar-refractivity contribution in [1.29, 1.82) is 0 Å². The van der Waals surface area contributed by atoms with Gasteiger partial charge in [-0.1, -0.05) is 141 Å². The van der Waals surface area contributed by atoms with Gasteiger partial charge in [0.1, 0.15) is 16.7 Å². The molecule has 1 aliphatic carbocycles. The van der Waals surface area contributed by atoms with E-state index in [0.29, 0.717) is 23.4 Å². The number of fused-ring (bicyclic) bond motifs is 8. The summed E-state index contributed by atoms with van der Waals surface area (Å²) in [6.45, 7) is 4.57. The number of hydrogen-bond acceptors (Lipinski definition) is 6. The first-order valence-electron chi connectivity index (χ1n) is 18.5. The van der Waals surface area contributed by atoms with Crippen LogP contribution in [0.4, 0.5) is 0 Å². The molecule has 0 saturated heterocycles. The topological polar surface area (TPSA) is 77.8 Å². The van der Waals surface area contributed by atoms with E-state index in [1.165, 1.54) is 11.1 Å². The molecule has 6 heteroatoms. The molecule has 6 nitrogen and oxygen atoms in total. The third kappa shape index (κ3) is 4.88. The fourth-order valence-corrected chi connectivity index (χ4v) is 8.25. The Morgan fingerprint density at radius 3 is 1.62 bits per heavy atom. The number of aromatic nitrogens is 4. The fraction of sp³-hybridized carbons (Fsp3) is 0.0612. The Kier molecular flexibility index (Phi) is 6.79. The van der Waals surface area contributed by atoms with Crippen molar-refractivity contribution in [1.82, 2.24) is 19.9 Å². The van der Waals surface area contributed by atoms with Crippen molar-refractivity contribution in [3.8, 4) is 67.9 Å². The average Bonchev–Trinajstić information content (AvgIpc) is 3.92. The Labute approximate surface area is 316 Å². The van der Waals surface area contributed by atoms with Gasteiger partial charge < -0.3 is 8.83 Å². The van der Waals surface area contributed by atoms with Crippen LogP contribution in [0.2, 0.25) is 0 Å². The second kappa shape index (κ2) is 11.9. The van der Waals surface area contributed by atoms with E-state index in [4.69, 9.17) is 28.8 Å². The van der Waals surface area contributed by atoms with E-state index in [0.717, 1.165) is 77.5 Å². The van der Waals surface area contributed by atoms with E-state index in [9.17, 15) is 0 Å². The van der Waals surface area contributed by atoms with Gasteiger partial charge in [0, 0.05) is 44.0 Å². The molecule has 55 heavy (non-hydrogen) atoms. The predicted octanol–water partition coefficient (Wildman–Crippen LogP) is 12.6. The van der Waals surface area contributed by atoms with Crippen molar-refractivity contribution in [3.05, 3.63) is 169 Å². The van der Waals surface area contributed by atoms with Crippen LogP contribution < -0.4 is 0 Å². The summed E-state index contributed by atoms with van der Waals surface area (Å²) in [6.07, 6.45) is 0. The Bertz CT molecular complexity index is 3050. The summed E-state index contributed by atoms with van der Waals surface area (Å²) in [7, 11) is 0. The van der Waals surface area contributed by atoms with Crippen LogP contribution in [-0.2, 0) is 5.41 Å². The minimum Gasteiger partial charge on any atom is -0.455 e. The smallest absolute Gasteiger partial charge is 0.227 e. The van der Waals surface area contributed by atoms with Crippen molar-refractivity contribution in [2.75, 3.05) is 0 Å². The number of nitrogens with zero attached hydrogens (tertiary/aromatic N) is 4. The van der Waals surface area contributed by atoms with Crippen molar-refractivity contribution >= 4 is 33.0 Å². The van der Waals surface area contributed by atoms with Crippen LogP contribution in [0.15, 0.2) is 167 Å². The van der Waals surface area contributed by atoms with Gasteiger partial charge in [-0.2, -0.15) is 0 Å². The molecule has 7 aromatic carbocycles. The van der Waals surface area contributed by atoms with E-state index in [-0.39, 0.29) is 5.41 Å². The van der Waals surface area contributed by atoms with Crippen molar-refractivity contribution in [2.24, 2.45) is 0 Å². The number of oxazole rings is 1. The summed E-state index contributed by atoms with van der Waals surface area (Å²) in [5, 5.41) is 2.03. The monoisotopic (exact) mass is 708 g/mol. The van der Waals surface area contributed by atoms with E-state index in [2.05, 4.69) is 68.4 Å². The molecule has 0 amide bonds. The molecule has 3 heterocycles. The largest absolute Gasteiger partial charge is 0.455 e. The van der Waals surface area contributed by atoms with Gasteiger partial charge in [-0.15, -0.1) is 0 Å². The molecule has 0 fully saturated rings. The molecule has 0 N–H and O–H groups in total. The third-order valence-corrected chi connectivity index (χ3v) is 11.0. The summed E-state index contributed by atoms with van der Waals surface area (Å²) in [5.74, 6) is 2.40. The Balaban J connectivity index is 1.08. The lowest BCUT2D eigenvalue weighted by molar-refractivity contribution is 0.618. The minimum atomic E-state index is -0.209. The zero-order valence-electron chi connectivity index (χ0n) is 30.1. The molecule has 260 valence electrons. The maximum atomic E-state index is 6.94. The molecular formula is C49H32N4O2. The van der Waals surface area contributed by atoms with E-state index in [1.54, 1.807) is 0 Å². The molecule has 0 atom stereocenters. The summed E-state index contributed by atoms with van der Waals surface area (Å²) in [5.41, 5.74) is 13.4. The van der Waals surface area contributed by atoms with E-state index in [1.807, 2.05) is 103 Å². The maximum absolute atomic E-state index is 6.94. The van der Waals surface area contributed by atoms with Crippen LogP contribution in [0.3, 0.4) is 0 Å². The van der Waals surface area contributed by atoms with Gasteiger partial charge in [-0.25, -0.2) is 19.9 Å². The Morgan fingerprint density at radius 2 is 0.964 bits per heavy atom. The van der Waals surface area contributed by atoms with Gasteiger partial charge in [-0.05, 0) is 52.6 Å². The number of furan rings is 1. The van der Waals surface area contributed by atoms with Crippen LogP contribution in [0, 0.1) is 0 Å². The summed E-state index contributed by atoms with van der Waals surface area (Å²) < 4.78 is 13.5. The second-order valence-electron chi connectivity index (χ2n) is 14.6. The molecule has 0 radical (unpaired) electrons. The van der Waals surface area contributed by atoms with Gasteiger partial charge >= 0.3 is 0 Å². The van der Waals surface area contributed by atoms with Gasteiger partial charge in [-0.3, -0.25) is 0 Å². The molecule has 0 unspecified atom stereocenters. The van der Waals surface area contributed by atoms with Crippen LogP contribution in [0.5, 0.6) is 0 Å². The molecule has 11 rings (SSSR count). The molecule has 0 spiro atoms. The first-order valence-corrected chi connectivity index (χ1v) is 18.5. The molecule has 10 aromatic rings. The van der Waals surface area contributed by atoms with Gasteiger partial charge in [0.15, 0.2) is 23.1 Å². The van der Waals surface area contributed by atoms with Crippen LogP contribution in [0.25, 0.3) is 101 Å². The zero-order valence-corrected chi connectivity index (χ0v) is 30.1. The maximum Gasteiger partial charge on any atom is 0.227 e. The molecular weight excluding hydrogens is 677 g/mol. The lowest BCUT2D eigenvalue weighted by atomic mass is 9.82. The highest BCUT2D eigenvalue weighted by Crippen LogP contribution is 2.53. The highest BCUT2D eigenvalue weighted by Gasteiger charge is 2.38. The molecule has 0 bridgehead atoms. The summed E-state index contributed by atoms with van der Waals surface area (Å²) >= 11 is 0. The quantitative estimate of drug-likeness (QED) is 0.177. The third-order valence-electron chi connectivity index (χ3n) is 11.0. The highest BCUT2D eigenvalue weighted by atomic mass is 16.3. The summed E-state index contributed by atoms with van der Waals surface area (Å²) in [6, 6.07) is 53.8. The lowest BCUT2D eigenvalue weighted by Crippen LogP contribution is -2.14. The van der Waals surface area contributed by atoms with Crippen molar-refractivity contribution < 1.29 is 8.83 Å². The second-order valence-corrected chi connectivity index (χ2v) is 14.6. The number of para-hydroxylation sites is 2. The SMILES string of the molecule is CC1(C)c2ccc(-c3cccc4c3oc3c(-c5nc(-c6ccccc6)nc(-c6ccccc6)n5)cccc34)cc2-c2c1ccc1nc(-c3ccccc3)oc21. The predicted molar refractivity (Wildman–Crippen MR) is 219 cm³/mol. The Hall–Kier alpha value is -7.18. The number of benzene rings is 7. The van der Waals surface area contributed by atoms with E-state index >= 15 is 0 Å². The fourth-order valence-electron chi connectivity index (χ4n) is 8.25. The minimum absolute atomic E-state index is 0.209. The molecule has 0 saturated carbocycles. The van der Waals surface area contributed by atoms with Crippen molar-refractivity contribution in [3.63, 3.8) is 0 Å². The van der Waals surface area contributed by atoms with Gasteiger partial charge in [0.2, 0.25) is 5.89 Å². The first kappa shape index (κ1) is 31.4. The van der Waals surface area contributed by atoms with E-state index < -0.39 is 0 Å². The highest BCUT2D eigenvalue weighted by molar-refractivity contribution is 6.13. The van der Waals surface area contributed by atoms with Crippen molar-refractivity contribution in [2.45, 2.75) is 19.3 Å². The number of rotatable bonds is 5. The van der Waals surface area contributed by atoms with Crippen LogP contribution >= 0.6 is 0 Å². The van der Waals surface area contributed by atoms with Gasteiger partial charge in [0.25, 0.3) is 0 Å². The number of hydrogen-bond donors (Lipinski definition) is 0. The average molecular weight is 709 g/mol. The Morgan fingerprint density at radius 1 is 0.400 bits per heavy atom. The van der Waals surface area contributed by atoms with Gasteiger partial charge in [0.05, 0.1) is 5.56 Å². The molecule has 3 aromatic heterocycles. The standard InChI is InChI=1S/C49H32N4O2/c1-49(2)38-25-24-32(28-37(38)41-39(49)26-27-40-44(41)55-48(50-40)31-18-10-5-11-19-31)33-20-12-21-34-35-22-13-23-36(43(35)54-42(33)34)47-52-45(29-14-6-3-7-15-29)51-46(53-47)30-16-8-4-9-17-30/h3-28H,1-2H3. The summed E-state index contributed by atoms with van der Waals surface area (Å²) in [4.78, 5) is 19.9. The zero-order chi connectivity index (χ0) is 36.7. The normalized spacial score (nSPS) is 13.1. The van der Waals surface area contributed by atoms with Crippen LogP contribution in [-0.4, -0.2) is 19.9 Å². The molecule has 0 aliphatic heterocycles. The first-order chi connectivity index (χ1) is 27.0. The van der Waals surface area contributed by atoms with Crippen LogP contribution in [0.1, 0.15) is 25.0 Å². The lowest BCUT2D eigenvalue weighted by Gasteiger charge is -2.21.